The summed E-state index contributed by atoms with van der Waals surface area (Å²) in [6, 6.07) is 14.8. The van der Waals surface area contributed by atoms with Gasteiger partial charge >= 0.3 is 6.09 Å². The van der Waals surface area contributed by atoms with Gasteiger partial charge in [0.2, 0.25) is 5.91 Å². The fourth-order valence-electron chi connectivity index (χ4n) is 5.36. The number of aromatic nitrogens is 1. The summed E-state index contributed by atoms with van der Waals surface area (Å²) >= 11 is 0. The number of hydrogen-bond donors (Lipinski definition) is 3. The third-order valence-electron chi connectivity index (χ3n) is 7.46. The Labute approximate surface area is 249 Å². The van der Waals surface area contributed by atoms with Crippen LogP contribution < -0.4 is 20.9 Å². The van der Waals surface area contributed by atoms with Gasteiger partial charge in [-0.3, -0.25) is 14.9 Å². The molecule has 6 rings (SSSR count). The van der Waals surface area contributed by atoms with Crippen molar-refractivity contribution < 1.29 is 23.5 Å². The van der Waals surface area contributed by atoms with E-state index in [4.69, 9.17) is 9.47 Å². The minimum Gasteiger partial charge on any atom is -0.488 e. The highest BCUT2D eigenvalue weighted by Crippen LogP contribution is 2.32. The molecule has 3 aromatic carbocycles. The van der Waals surface area contributed by atoms with Gasteiger partial charge in [-0.05, 0) is 67.1 Å². The molecule has 4 aromatic rings. The van der Waals surface area contributed by atoms with E-state index in [0.717, 1.165) is 16.5 Å². The Balaban J connectivity index is 1.60. The quantitative estimate of drug-likeness (QED) is 0.261. The van der Waals surface area contributed by atoms with Crippen LogP contribution in [-0.2, 0) is 16.1 Å². The lowest BCUT2D eigenvalue weighted by molar-refractivity contribution is -0.131. The second kappa shape index (κ2) is 12.2. The van der Waals surface area contributed by atoms with Gasteiger partial charge in [0.15, 0.2) is 11.6 Å². The number of carbonyl (C=O) groups excluding carboxylic acids is 2. The van der Waals surface area contributed by atoms with Crippen molar-refractivity contribution in [3.63, 3.8) is 0 Å². The Kier molecular flexibility index (Phi) is 8.38. The highest BCUT2D eigenvalue weighted by Gasteiger charge is 2.27. The van der Waals surface area contributed by atoms with Crippen LogP contribution in [-0.4, -0.2) is 41.6 Å². The van der Waals surface area contributed by atoms with Crippen molar-refractivity contribution in [2.24, 2.45) is 0 Å². The average Bonchev–Trinajstić information content (AvgIpc) is 2.96. The van der Waals surface area contributed by atoms with E-state index in [1.54, 1.807) is 39.2 Å². The maximum atomic E-state index is 15.3. The molecule has 3 heterocycles. The van der Waals surface area contributed by atoms with Gasteiger partial charge in [0.1, 0.15) is 6.04 Å². The summed E-state index contributed by atoms with van der Waals surface area (Å²) in [4.78, 5) is 43.4. The first-order chi connectivity index (χ1) is 20.5. The van der Waals surface area contributed by atoms with Gasteiger partial charge in [0.05, 0.1) is 12.7 Å². The predicted octanol–water partition coefficient (Wildman–Crippen LogP) is 6.24. The molecule has 0 unspecified atom stereocenters. The first-order valence-electron chi connectivity index (χ1n) is 14.2. The zero-order chi connectivity index (χ0) is 30.8. The van der Waals surface area contributed by atoms with Crippen LogP contribution in [0.3, 0.4) is 0 Å². The molecule has 9 nitrogen and oxygen atoms in total. The smallest absolute Gasteiger partial charge is 0.411 e. The minimum absolute atomic E-state index is 0.00164. The van der Waals surface area contributed by atoms with E-state index < -0.39 is 18.0 Å². The highest BCUT2D eigenvalue weighted by molar-refractivity contribution is 5.89. The minimum atomic E-state index is -0.834. The summed E-state index contributed by atoms with van der Waals surface area (Å²) in [6.07, 6.45) is 0.554. The molecular weight excluding hydrogens is 551 g/mol. The number of likely N-dealkylation sites (N-methyl/N-ethyl adjacent to an activating group) is 1. The SMILES string of the molecule is Cc1cc2ccc1[C@@H](C)COC(=O)Nc1cc(F)c(OC(C)C)c(c1)CN(C)C(=O)[C@@H]2Nc1ccc2cc[nH]c(=O)c2c1. The van der Waals surface area contributed by atoms with Crippen molar-refractivity contribution in [1.82, 2.24) is 9.88 Å². The second-order valence-corrected chi connectivity index (χ2v) is 11.2. The number of aromatic amines is 1. The van der Waals surface area contributed by atoms with E-state index in [1.165, 1.54) is 11.0 Å². The molecule has 0 radical (unpaired) electrons. The summed E-state index contributed by atoms with van der Waals surface area (Å²) in [5.74, 6) is -1.10. The number of nitrogens with one attached hydrogen (secondary N) is 3. The van der Waals surface area contributed by atoms with Crippen molar-refractivity contribution in [2.75, 3.05) is 24.3 Å². The van der Waals surface area contributed by atoms with Gasteiger partial charge in [0.25, 0.3) is 5.56 Å². The lowest BCUT2D eigenvalue weighted by Crippen LogP contribution is -2.35. The molecule has 0 saturated heterocycles. The predicted molar refractivity (Wildman–Crippen MR) is 164 cm³/mol. The van der Waals surface area contributed by atoms with Crippen LogP contribution in [0, 0.1) is 12.7 Å². The van der Waals surface area contributed by atoms with Crippen molar-refractivity contribution in [2.45, 2.75) is 52.3 Å². The number of carbonyl (C=O) groups is 2. The Bertz CT molecular complexity index is 1750. The fraction of sp³-hybridized carbons (Fsp3) is 0.303. The Morgan fingerprint density at radius 2 is 1.86 bits per heavy atom. The molecule has 10 heteroatoms. The van der Waals surface area contributed by atoms with E-state index in [-0.39, 0.29) is 48.1 Å². The number of pyridine rings is 1. The molecule has 4 bridgehead atoms. The van der Waals surface area contributed by atoms with Gasteiger partial charge < -0.3 is 24.7 Å². The number of aryl methyl sites for hydroxylation is 1. The van der Waals surface area contributed by atoms with Crippen LogP contribution in [0.5, 0.6) is 5.75 Å². The monoisotopic (exact) mass is 586 g/mol. The fourth-order valence-corrected chi connectivity index (χ4v) is 5.36. The first-order valence-corrected chi connectivity index (χ1v) is 14.2. The van der Waals surface area contributed by atoms with Crippen LogP contribution in [0.2, 0.25) is 0 Å². The molecule has 3 N–H and O–H groups in total. The lowest BCUT2D eigenvalue weighted by Gasteiger charge is -2.28. The Morgan fingerprint density at radius 3 is 2.60 bits per heavy atom. The van der Waals surface area contributed by atoms with Gasteiger partial charge in [-0.1, -0.05) is 31.2 Å². The molecular formula is C33H35FN4O5. The maximum absolute atomic E-state index is 15.3. The molecule has 0 fully saturated rings. The Hall–Kier alpha value is -4.86. The topological polar surface area (TPSA) is 113 Å². The maximum Gasteiger partial charge on any atom is 0.411 e. The number of amides is 2. The molecule has 2 atom stereocenters. The Morgan fingerprint density at radius 1 is 1.07 bits per heavy atom. The highest BCUT2D eigenvalue weighted by atomic mass is 19.1. The number of halogens is 1. The lowest BCUT2D eigenvalue weighted by atomic mass is 9.93. The van der Waals surface area contributed by atoms with Gasteiger partial charge in [-0.15, -0.1) is 0 Å². The summed E-state index contributed by atoms with van der Waals surface area (Å²) in [5, 5.41) is 7.21. The number of nitrogens with zero attached hydrogens (tertiary/aromatic N) is 1. The standard InChI is InChI=1S/C33H35FN4O5/c1-18(2)43-30-23-13-25(15-28(30)34)37-33(41)42-17-20(4)26-9-7-22(12-19(26)3)29(32(40)38(5)16-23)36-24-8-6-21-10-11-35-31(39)27(21)14-24/h6-15,18,20,29,36H,16-17H2,1-5H3,(H,35,39)(H,37,41)/t20-,29+/m0/s1. The molecule has 43 heavy (non-hydrogen) atoms. The number of fused-ring (bicyclic) bond motifs is 10. The number of rotatable bonds is 4. The van der Waals surface area contributed by atoms with Gasteiger partial charge in [0, 0.05) is 54.1 Å². The van der Waals surface area contributed by atoms with Gasteiger partial charge in [-0.2, -0.15) is 0 Å². The van der Waals surface area contributed by atoms with Crippen LogP contribution in [0.25, 0.3) is 10.8 Å². The van der Waals surface area contributed by atoms with Crippen LogP contribution in [0.4, 0.5) is 20.6 Å². The van der Waals surface area contributed by atoms with Crippen LogP contribution in [0.15, 0.2) is 65.6 Å². The van der Waals surface area contributed by atoms with Crippen molar-refractivity contribution in [1.29, 1.82) is 0 Å². The third kappa shape index (κ3) is 6.48. The molecule has 2 aliphatic heterocycles. The summed E-state index contributed by atoms with van der Waals surface area (Å²) in [7, 11) is 1.62. The van der Waals surface area contributed by atoms with Crippen molar-refractivity contribution >= 4 is 34.1 Å². The van der Waals surface area contributed by atoms with Gasteiger partial charge in [-0.25, -0.2) is 9.18 Å². The number of anilines is 2. The first kappa shape index (κ1) is 29.6. The number of H-pyrrole nitrogens is 1. The van der Waals surface area contributed by atoms with E-state index >= 15 is 4.39 Å². The zero-order valence-electron chi connectivity index (χ0n) is 24.8. The summed E-state index contributed by atoms with van der Waals surface area (Å²) in [5.41, 5.74) is 3.52. The second-order valence-electron chi connectivity index (χ2n) is 11.2. The number of benzene rings is 3. The summed E-state index contributed by atoms with van der Waals surface area (Å²) < 4.78 is 26.6. The number of hydrogen-bond acceptors (Lipinski definition) is 6. The van der Waals surface area contributed by atoms with E-state index in [0.29, 0.717) is 22.2 Å². The largest absolute Gasteiger partial charge is 0.488 e. The average molecular weight is 587 g/mol. The van der Waals surface area contributed by atoms with E-state index in [9.17, 15) is 14.4 Å². The van der Waals surface area contributed by atoms with Crippen molar-refractivity contribution in [3.05, 3.63) is 99.2 Å². The normalized spacial score (nSPS) is 17.6. The third-order valence-corrected chi connectivity index (χ3v) is 7.46. The van der Waals surface area contributed by atoms with E-state index in [2.05, 4.69) is 15.6 Å². The molecule has 0 aliphatic carbocycles. The van der Waals surface area contributed by atoms with Crippen LogP contribution >= 0.6 is 0 Å². The molecule has 224 valence electrons. The summed E-state index contributed by atoms with van der Waals surface area (Å²) in [6.45, 7) is 7.54. The van der Waals surface area contributed by atoms with E-state index in [1.807, 2.05) is 50.2 Å². The van der Waals surface area contributed by atoms with Crippen LogP contribution in [0.1, 0.15) is 55.0 Å². The number of ether oxygens (including phenoxy) is 2. The molecule has 1 aromatic heterocycles. The molecule has 2 amide bonds. The molecule has 0 saturated carbocycles. The molecule has 0 spiro atoms. The van der Waals surface area contributed by atoms with Crippen molar-refractivity contribution in [3.8, 4) is 5.75 Å². The molecule has 2 aliphatic rings. The zero-order valence-corrected chi connectivity index (χ0v) is 24.8.